The summed E-state index contributed by atoms with van der Waals surface area (Å²) < 4.78 is 5.03. The van der Waals surface area contributed by atoms with E-state index in [2.05, 4.69) is 0 Å². The summed E-state index contributed by atoms with van der Waals surface area (Å²) in [6, 6.07) is 6.56. The molecular weight excluding hydrogens is 402 g/mol. The predicted molar refractivity (Wildman–Crippen MR) is 110 cm³/mol. The molecule has 31 heavy (non-hydrogen) atoms. The maximum Gasteiger partial charge on any atom is 0.309 e. The number of likely N-dealkylation sites (tertiary alicyclic amines) is 1. The molecule has 4 amide bonds. The van der Waals surface area contributed by atoms with Gasteiger partial charge in [-0.1, -0.05) is 12.1 Å². The lowest BCUT2D eigenvalue weighted by atomic mass is 9.97. The Labute approximate surface area is 180 Å². The summed E-state index contributed by atoms with van der Waals surface area (Å²) in [6.07, 6.45) is 1.03. The second-order valence-electron chi connectivity index (χ2n) is 7.71. The fraction of sp³-hybridized carbons (Fsp3) is 0.500. The number of piperidine rings is 1. The van der Waals surface area contributed by atoms with E-state index < -0.39 is 11.8 Å². The first kappa shape index (κ1) is 22.5. The fourth-order valence-corrected chi connectivity index (χ4v) is 3.86. The molecule has 0 aliphatic carbocycles. The van der Waals surface area contributed by atoms with Crippen LogP contribution in [-0.2, 0) is 19.1 Å². The second-order valence-corrected chi connectivity index (χ2v) is 7.71. The molecule has 9 nitrogen and oxygen atoms in total. The van der Waals surface area contributed by atoms with Crippen molar-refractivity contribution in [3.05, 3.63) is 35.4 Å². The van der Waals surface area contributed by atoms with Crippen molar-refractivity contribution in [2.75, 3.05) is 39.8 Å². The molecule has 3 rings (SSSR count). The summed E-state index contributed by atoms with van der Waals surface area (Å²) in [7, 11) is 1.52. The zero-order valence-electron chi connectivity index (χ0n) is 17.8. The molecule has 0 spiro atoms. The van der Waals surface area contributed by atoms with Crippen molar-refractivity contribution in [3.63, 3.8) is 0 Å². The van der Waals surface area contributed by atoms with Crippen molar-refractivity contribution in [3.8, 4) is 0 Å². The monoisotopic (exact) mass is 429 g/mol. The Morgan fingerprint density at radius 2 is 1.65 bits per heavy atom. The molecule has 0 bridgehead atoms. The first-order valence-corrected chi connectivity index (χ1v) is 10.5. The van der Waals surface area contributed by atoms with E-state index in [0.29, 0.717) is 43.7 Å². The predicted octanol–water partition coefficient (Wildman–Crippen LogP) is 0.933. The molecule has 0 atom stereocenters. The number of esters is 1. The average molecular weight is 429 g/mol. The van der Waals surface area contributed by atoms with Crippen molar-refractivity contribution in [1.82, 2.24) is 14.7 Å². The quantitative estimate of drug-likeness (QED) is 0.472. The van der Waals surface area contributed by atoms with Crippen LogP contribution in [0.5, 0.6) is 0 Å². The highest BCUT2D eigenvalue weighted by Gasteiger charge is 2.35. The Morgan fingerprint density at radius 1 is 1.06 bits per heavy atom. The number of carbonyl (C=O) groups excluding carboxylic acids is 5. The van der Waals surface area contributed by atoms with Crippen LogP contribution in [0.2, 0.25) is 0 Å². The van der Waals surface area contributed by atoms with Crippen molar-refractivity contribution < 1.29 is 28.7 Å². The normalized spacial score (nSPS) is 16.3. The number of imide groups is 1. The number of carbonyl (C=O) groups is 5. The van der Waals surface area contributed by atoms with Crippen molar-refractivity contribution >= 4 is 29.6 Å². The van der Waals surface area contributed by atoms with E-state index in [1.54, 1.807) is 36.1 Å². The fourth-order valence-electron chi connectivity index (χ4n) is 3.86. The van der Waals surface area contributed by atoms with Gasteiger partial charge in [0.15, 0.2) is 0 Å². The van der Waals surface area contributed by atoms with E-state index in [4.69, 9.17) is 4.74 Å². The Bertz CT molecular complexity index is 856. The average Bonchev–Trinajstić information content (AvgIpc) is 3.02. The molecule has 0 radical (unpaired) electrons. The van der Waals surface area contributed by atoms with E-state index >= 15 is 0 Å². The highest BCUT2D eigenvalue weighted by molar-refractivity contribution is 6.21. The molecule has 2 aliphatic heterocycles. The topological polar surface area (TPSA) is 104 Å². The number of benzene rings is 1. The summed E-state index contributed by atoms with van der Waals surface area (Å²) in [5, 5.41) is 0. The second kappa shape index (κ2) is 9.72. The third kappa shape index (κ3) is 4.92. The number of fused-ring (bicyclic) bond motifs is 1. The molecule has 166 valence electrons. The van der Waals surface area contributed by atoms with Crippen molar-refractivity contribution in [2.24, 2.45) is 5.92 Å². The molecular formula is C22H27N3O6. The van der Waals surface area contributed by atoms with E-state index in [1.807, 2.05) is 0 Å². The largest absolute Gasteiger partial charge is 0.466 e. The number of hydrogen-bond donors (Lipinski definition) is 0. The maximum atomic E-state index is 12.5. The molecule has 0 saturated carbocycles. The van der Waals surface area contributed by atoms with Crippen LogP contribution in [0.25, 0.3) is 0 Å². The Kier molecular flexibility index (Phi) is 7.04. The van der Waals surface area contributed by atoms with Gasteiger partial charge in [0.05, 0.1) is 30.2 Å². The molecule has 1 aromatic carbocycles. The molecule has 1 aromatic rings. The summed E-state index contributed by atoms with van der Waals surface area (Å²) in [6.45, 7) is 2.86. The van der Waals surface area contributed by atoms with E-state index in [1.165, 1.54) is 11.9 Å². The van der Waals surface area contributed by atoms with Crippen LogP contribution in [0.3, 0.4) is 0 Å². The smallest absolute Gasteiger partial charge is 0.309 e. The summed E-state index contributed by atoms with van der Waals surface area (Å²) in [4.78, 5) is 65.6. The molecule has 1 fully saturated rings. The van der Waals surface area contributed by atoms with E-state index in [9.17, 15) is 24.0 Å². The minimum absolute atomic E-state index is 0.0331. The van der Waals surface area contributed by atoms with Crippen molar-refractivity contribution in [2.45, 2.75) is 26.2 Å². The van der Waals surface area contributed by atoms with Crippen LogP contribution in [0.4, 0.5) is 0 Å². The van der Waals surface area contributed by atoms with Gasteiger partial charge in [0.1, 0.15) is 0 Å². The molecule has 9 heteroatoms. The third-order valence-electron chi connectivity index (χ3n) is 5.69. The minimum atomic E-state index is -0.406. The minimum Gasteiger partial charge on any atom is -0.466 e. The van der Waals surface area contributed by atoms with Gasteiger partial charge in [-0.15, -0.1) is 0 Å². The van der Waals surface area contributed by atoms with E-state index in [0.717, 1.165) is 4.90 Å². The van der Waals surface area contributed by atoms with Gasteiger partial charge in [-0.2, -0.15) is 0 Å². The number of ether oxygens (including phenoxy) is 1. The van der Waals surface area contributed by atoms with Crippen LogP contribution in [-0.4, -0.2) is 84.1 Å². The van der Waals surface area contributed by atoms with Crippen LogP contribution < -0.4 is 0 Å². The standard InChI is InChI=1S/C22H27N3O6/c1-3-31-22(30)15-8-11-24(12-9-15)19(27)14-23(2)18(26)10-13-25-20(28)16-6-4-5-7-17(16)21(25)29/h4-7,15H,3,8-14H2,1-2H3. The summed E-state index contributed by atoms with van der Waals surface area (Å²) in [5.74, 6) is -1.75. The van der Waals surface area contributed by atoms with Crippen LogP contribution in [0.15, 0.2) is 24.3 Å². The molecule has 2 aliphatic rings. The number of nitrogens with zero attached hydrogens (tertiary/aromatic N) is 3. The third-order valence-corrected chi connectivity index (χ3v) is 5.69. The Morgan fingerprint density at radius 3 is 2.19 bits per heavy atom. The van der Waals surface area contributed by atoms with Gasteiger partial charge >= 0.3 is 5.97 Å². The molecule has 0 N–H and O–H groups in total. The van der Waals surface area contributed by atoms with Crippen LogP contribution >= 0.6 is 0 Å². The van der Waals surface area contributed by atoms with Crippen molar-refractivity contribution in [1.29, 1.82) is 0 Å². The van der Waals surface area contributed by atoms with E-state index in [-0.39, 0.29) is 43.2 Å². The first-order valence-electron chi connectivity index (χ1n) is 10.5. The molecule has 2 heterocycles. The SMILES string of the molecule is CCOC(=O)C1CCN(C(=O)CN(C)C(=O)CCN2C(=O)c3ccccc3C2=O)CC1. The zero-order chi connectivity index (χ0) is 22.5. The number of amides is 4. The molecule has 0 unspecified atom stereocenters. The van der Waals surface area contributed by atoms with Gasteiger partial charge in [0, 0.05) is 33.1 Å². The van der Waals surface area contributed by atoms with Gasteiger partial charge in [-0.25, -0.2) is 0 Å². The van der Waals surface area contributed by atoms with Crippen LogP contribution in [0, 0.1) is 5.92 Å². The highest BCUT2D eigenvalue weighted by atomic mass is 16.5. The zero-order valence-corrected chi connectivity index (χ0v) is 17.8. The van der Waals surface area contributed by atoms with Gasteiger partial charge in [-0.05, 0) is 31.9 Å². The first-order chi connectivity index (χ1) is 14.8. The summed E-state index contributed by atoms with van der Waals surface area (Å²) >= 11 is 0. The lowest BCUT2D eigenvalue weighted by Gasteiger charge is -2.32. The van der Waals surface area contributed by atoms with Gasteiger partial charge in [0.25, 0.3) is 11.8 Å². The van der Waals surface area contributed by atoms with Crippen LogP contribution in [0.1, 0.15) is 46.9 Å². The maximum absolute atomic E-state index is 12.5. The Hall–Kier alpha value is -3.23. The highest BCUT2D eigenvalue weighted by Crippen LogP contribution is 2.22. The van der Waals surface area contributed by atoms with Gasteiger partial charge in [0.2, 0.25) is 11.8 Å². The number of likely N-dealkylation sites (N-methyl/N-ethyl adjacent to an activating group) is 1. The Balaban J connectivity index is 1.45. The lowest BCUT2D eigenvalue weighted by Crippen LogP contribution is -2.46. The number of rotatable bonds is 7. The molecule has 0 aromatic heterocycles. The van der Waals surface area contributed by atoms with Gasteiger partial charge in [-0.3, -0.25) is 28.9 Å². The van der Waals surface area contributed by atoms with Gasteiger partial charge < -0.3 is 14.5 Å². The summed E-state index contributed by atoms with van der Waals surface area (Å²) in [5.41, 5.74) is 0.685. The number of hydrogen-bond acceptors (Lipinski definition) is 6. The molecule has 1 saturated heterocycles. The lowest BCUT2D eigenvalue weighted by molar-refractivity contribution is -0.151.